The number of sulfone groups is 1. The van der Waals surface area contributed by atoms with Crippen molar-refractivity contribution in [1.82, 2.24) is 9.47 Å². The normalized spacial score (nSPS) is 15.7. The Morgan fingerprint density at radius 2 is 1.81 bits per heavy atom. The van der Waals surface area contributed by atoms with Crippen molar-refractivity contribution < 1.29 is 27.5 Å². The Kier molecular flexibility index (Phi) is 8.44. The summed E-state index contributed by atoms with van der Waals surface area (Å²) >= 11 is 1.27. The number of ether oxygens (including phenoxy) is 2. The molecule has 1 saturated heterocycles. The Morgan fingerprint density at radius 3 is 2.47 bits per heavy atom. The molecule has 11 heteroatoms. The van der Waals surface area contributed by atoms with Gasteiger partial charge in [-0.15, -0.1) is 0 Å². The van der Waals surface area contributed by atoms with Gasteiger partial charge in [-0.2, -0.15) is 4.99 Å². The van der Waals surface area contributed by atoms with E-state index in [1.54, 1.807) is 19.1 Å². The molecule has 0 aliphatic carbocycles. The highest BCUT2D eigenvalue weighted by Crippen LogP contribution is 2.23. The first kappa shape index (κ1) is 24.4. The van der Waals surface area contributed by atoms with Crippen molar-refractivity contribution in [2.24, 2.45) is 4.99 Å². The number of aromatic nitrogens is 1. The van der Waals surface area contributed by atoms with Gasteiger partial charge in [0.05, 0.1) is 23.9 Å². The number of benzene rings is 1. The van der Waals surface area contributed by atoms with Gasteiger partial charge in [0, 0.05) is 26.7 Å². The van der Waals surface area contributed by atoms with E-state index in [1.807, 2.05) is 22.8 Å². The molecule has 32 heavy (non-hydrogen) atoms. The van der Waals surface area contributed by atoms with E-state index in [1.165, 1.54) is 11.3 Å². The Labute approximate surface area is 191 Å². The Balaban J connectivity index is 1.79. The summed E-state index contributed by atoms with van der Waals surface area (Å²) in [6, 6.07) is 5.51. The maximum atomic E-state index is 12.5. The Morgan fingerprint density at radius 1 is 1.09 bits per heavy atom. The number of amides is 2. The van der Waals surface area contributed by atoms with Crippen molar-refractivity contribution >= 4 is 43.2 Å². The fraction of sp³-hybridized carbons (Fsp3) is 0.571. The summed E-state index contributed by atoms with van der Waals surface area (Å²) in [7, 11) is -0.769. The third-order valence-corrected chi connectivity index (χ3v) is 7.69. The number of fused-ring (bicyclic) bond motifs is 1. The van der Waals surface area contributed by atoms with Crippen LogP contribution in [0, 0.1) is 0 Å². The molecule has 1 aliphatic heterocycles. The van der Waals surface area contributed by atoms with Crippen molar-refractivity contribution in [2.75, 3.05) is 45.4 Å². The van der Waals surface area contributed by atoms with Crippen LogP contribution >= 0.6 is 11.3 Å². The lowest BCUT2D eigenvalue weighted by molar-refractivity contribution is -0.128. The Bertz CT molecular complexity index is 1130. The standard InChI is InChI=1S/C21H29N3O6S2/c1-29-12-11-24-17-8-7-16(30-2)13-18(17)31-21(24)22-19(25)14-32(27,28)15-20(26)23-9-5-3-4-6-10-23/h7-8,13H,3-6,9-12,14-15H2,1-2H3. The zero-order valence-electron chi connectivity index (χ0n) is 18.4. The van der Waals surface area contributed by atoms with E-state index in [0.29, 0.717) is 36.8 Å². The number of thiazole rings is 1. The van der Waals surface area contributed by atoms with Gasteiger partial charge in [0.1, 0.15) is 17.3 Å². The molecule has 176 valence electrons. The number of methoxy groups -OCH3 is 2. The fourth-order valence-corrected chi connectivity index (χ4v) is 5.85. The van der Waals surface area contributed by atoms with Gasteiger partial charge in [0.25, 0.3) is 5.91 Å². The van der Waals surface area contributed by atoms with Crippen molar-refractivity contribution in [3.63, 3.8) is 0 Å². The second kappa shape index (κ2) is 11.1. The van der Waals surface area contributed by atoms with Crippen LogP contribution in [0.1, 0.15) is 25.7 Å². The van der Waals surface area contributed by atoms with Crippen LogP contribution in [0.5, 0.6) is 5.75 Å². The first-order valence-corrected chi connectivity index (χ1v) is 13.2. The van der Waals surface area contributed by atoms with Crippen molar-refractivity contribution in [3.05, 3.63) is 23.0 Å². The lowest BCUT2D eigenvalue weighted by Crippen LogP contribution is -2.37. The average Bonchev–Trinajstić information content (AvgIpc) is 2.91. The van der Waals surface area contributed by atoms with Gasteiger partial charge >= 0.3 is 0 Å². The average molecular weight is 484 g/mol. The molecule has 1 aromatic carbocycles. The largest absolute Gasteiger partial charge is 0.497 e. The maximum absolute atomic E-state index is 12.5. The minimum absolute atomic E-state index is 0.379. The number of likely N-dealkylation sites (tertiary alicyclic amines) is 1. The van der Waals surface area contributed by atoms with E-state index < -0.39 is 33.2 Å². The summed E-state index contributed by atoms with van der Waals surface area (Å²) < 4.78 is 38.1. The molecule has 2 amide bonds. The molecule has 2 aromatic rings. The molecule has 2 heterocycles. The monoisotopic (exact) mass is 483 g/mol. The second-order valence-corrected chi connectivity index (χ2v) is 10.8. The quantitative estimate of drug-likeness (QED) is 0.565. The summed E-state index contributed by atoms with van der Waals surface area (Å²) in [4.78, 5) is 31.0. The molecule has 0 atom stereocenters. The predicted molar refractivity (Wildman–Crippen MR) is 123 cm³/mol. The smallest absolute Gasteiger partial charge is 0.263 e. The van der Waals surface area contributed by atoms with E-state index >= 15 is 0 Å². The van der Waals surface area contributed by atoms with Gasteiger partial charge < -0.3 is 18.9 Å². The minimum atomic E-state index is -3.92. The third-order valence-electron chi connectivity index (χ3n) is 5.27. The van der Waals surface area contributed by atoms with Crippen LogP contribution < -0.4 is 9.54 Å². The number of nitrogens with zero attached hydrogens (tertiary/aromatic N) is 3. The van der Waals surface area contributed by atoms with Crippen LogP contribution in [0.4, 0.5) is 0 Å². The van der Waals surface area contributed by atoms with Crippen molar-refractivity contribution in [1.29, 1.82) is 0 Å². The molecule has 0 bridgehead atoms. The molecule has 1 aliphatic rings. The minimum Gasteiger partial charge on any atom is -0.497 e. The lowest BCUT2D eigenvalue weighted by Gasteiger charge is -2.19. The highest BCUT2D eigenvalue weighted by atomic mass is 32.2. The summed E-state index contributed by atoms with van der Waals surface area (Å²) in [5.74, 6) is -2.03. The number of rotatable bonds is 8. The number of hydrogen-bond acceptors (Lipinski definition) is 7. The van der Waals surface area contributed by atoms with Gasteiger partial charge in [0.15, 0.2) is 14.6 Å². The molecular formula is C21H29N3O6S2. The van der Waals surface area contributed by atoms with Crippen LogP contribution in [0.15, 0.2) is 23.2 Å². The Hall–Kier alpha value is -2.24. The third kappa shape index (κ3) is 6.39. The first-order chi connectivity index (χ1) is 15.3. The van der Waals surface area contributed by atoms with Gasteiger partial charge in [-0.3, -0.25) is 9.59 Å². The van der Waals surface area contributed by atoms with E-state index in [9.17, 15) is 18.0 Å². The predicted octanol–water partition coefficient (Wildman–Crippen LogP) is 1.60. The maximum Gasteiger partial charge on any atom is 0.263 e. The molecule has 0 spiro atoms. The van der Waals surface area contributed by atoms with E-state index in [-0.39, 0.29) is 0 Å². The van der Waals surface area contributed by atoms with Gasteiger partial charge in [-0.25, -0.2) is 8.42 Å². The van der Waals surface area contributed by atoms with Gasteiger partial charge in [-0.1, -0.05) is 24.2 Å². The molecule has 3 rings (SSSR count). The zero-order chi connectivity index (χ0) is 23.1. The summed E-state index contributed by atoms with van der Waals surface area (Å²) in [5.41, 5.74) is 0.846. The van der Waals surface area contributed by atoms with Gasteiger partial charge in [-0.05, 0) is 31.0 Å². The molecule has 0 unspecified atom stereocenters. The number of carbonyl (C=O) groups is 2. The van der Waals surface area contributed by atoms with Crippen molar-refractivity contribution in [2.45, 2.75) is 32.2 Å². The molecule has 0 radical (unpaired) electrons. The molecule has 0 N–H and O–H groups in total. The van der Waals surface area contributed by atoms with Crippen LogP contribution in [-0.4, -0.2) is 75.1 Å². The lowest BCUT2D eigenvalue weighted by atomic mass is 10.2. The van der Waals surface area contributed by atoms with Crippen LogP contribution in [0.25, 0.3) is 10.2 Å². The first-order valence-electron chi connectivity index (χ1n) is 10.5. The molecular weight excluding hydrogens is 454 g/mol. The summed E-state index contributed by atoms with van der Waals surface area (Å²) in [6.45, 7) is 1.99. The van der Waals surface area contributed by atoms with E-state index in [4.69, 9.17) is 9.47 Å². The molecule has 0 saturated carbocycles. The van der Waals surface area contributed by atoms with Crippen LogP contribution in [0.3, 0.4) is 0 Å². The highest BCUT2D eigenvalue weighted by Gasteiger charge is 2.25. The van der Waals surface area contributed by atoms with E-state index in [0.717, 1.165) is 35.9 Å². The fourth-order valence-electron chi connectivity index (χ4n) is 3.64. The van der Waals surface area contributed by atoms with Crippen molar-refractivity contribution in [3.8, 4) is 5.75 Å². The summed E-state index contributed by atoms with van der Waals surface area (Å²) in [5, 5.41) is 0. The number of carbonyl (C=O) groups excluding carboxylic acids is 2. The van der Waals surface area contributed by atoms with E-state index in [2.05, 4.69) is 4.99 Å². The molecule has 1 fully saturated rings. The zero-order valence-corrected chi connectivity index (χ0v) is 20.0. The molecule has 1 aromatic heterocycles. The molecule has 9 nitrogen and oxygen atoms in total. The highest BCUT2D eigenvalue weighted by molar-refractivity contribution is 7.92. The van der Waals surface area contributed by atoms with Crippen LogP contribution in [0.2, 0.25) is 0 Å². The SMILES string of the molecule is COCCn1c(=NC(=O)CS(=O)(=O)CC(=O)N2CCCCCC2)sc2cc(OC)ccc21. The summed E-state index contributed by atoms with van der Waals surface area (Å²) in [6.07, 6.45) is 3.83. The number of hydrogen-bond donors (Lipinski definition) is 0. The van der Waals surface area contributed by atoms with Gasteiger partial charge in [0.2, 0.25) is 5.91 Å². The second-order valence-electron chi connectivity index (χ2n) is 7.70. The van der Waals surface area contributed by atoms with Crippen LogP contribution in [-0.2, 0) is 30.7 Å². The topological polar surface area (TPSA) is 107 Å².